The molecule has 0 saturated heterocycles. The standard InChI is InChI=1S/C17H18F2N2S2/c18-16(19)23-15-10-8-14(9-11-15)21-17(22)20-12-4-7-13-5-2-1-3-6-13/h1-3,5-6,8-11,16H,4,7,12H2,(H2,20,21,22). The highest BCUT2D eigenvalue weighted by molar-refractivity contribution is 7.99. The lowest BCUT2D eigenvalue weighted by molar-refractivity contribution is 0.252. The van der Waals surface area contributed by atoms with Crippen molar-refractivity contribution in [2.24, 2.45) is 0 Å². The summed E-state index contributed by atoms with van der Waals surface area (Å²) < 4.78 is 24.5. The Morgan fingerprint density at radius 2 is 1.74 bits per heavy atom. The highest BCUT2D eigenvalue weighted by Crippen LogP contribution is 2.26. The van der Waals surface area contributed by atoms with Crippen molar-refractivity contribution in [3.05, 3.63) is 60.2 Å². The average Bonchev–Trinajstić information content (AvgIpc) is 2.54. The van der Waals surface area contributed by atoms with Crippen LogP contribution in [-0.2, 0) is 6.42 Å². The van der Waals surface area contributed by atoms with Gasteiger partial charge in [0.15, 0.2) is 5.11 Å². The predicted molar refractivity (Wildman–Crippen MR) is 97.3 cm³/mol. The van der Waals surface area contributed by atoms with Gasteiger partial charge >= 0.3 is 0 Å². The minimum atomic E-state index is -2.40. The smallest absolute Gasteiger partial charge is 0.288 e. The van der Waals surface area contributed by atoms with Crippen LogP contribution >= 0.6 is 24.0 Å². The fourth-order valence-corrected chi connectivity index (χ4v) is 2.75. The van der Waals surface area contributed by atoms with Crippen molar-refractivity contribution in [1.82, 2.24) is 5.32 Å². The second kappa shape index (κ2) is 9.47. The van der Waals surface area contributed by atoms with E-state index in [0.717, 1.165) is 25.1 Å². The summed E-state index contributed by atoms with van der Waals surface area (Å²) in [6.07, 6.45) is 1.98. The molecule has 0 aliphatic rings. The number of benzene rings is 2. The van der Waals surface area contributed by atoms with Gasteiger partial charge in [-0.2, -0.15) is 8.78 Å². The van der Waals surface area contributed by atoms with Gasteiger partial charge in [0.2, 0.25) is 0 Å². The van der Waals surface area contributed by atoms with E-state index in [1.54, 1.807) is 24.3 Å². The molecule has 122 valence electrons. The van der Waals surface area contributed by atoms with Gasteiger partial charge in [-0.3, -0.25) is 0 Å². The molecule has 0 aliphatic carbocycles. The number of alkyl halides is 2. The first-order valence-corrected chi connectivity index (χ1v) is 8.56. The molecule has 2 N–H and O–H groups in total. The van der Waals surface area contributed by atoms with Gasteiger partial charge in [0.25, 0.3) is 5.76 Å². The second-order valence-electron chi connectivity index (χ2n) is 4.87. The number of hydrogen-bond acceptors (Lipinski definition) is 2. The monoisotopic (exact) mass is 352 g/mol. The van der Waals surface area contributed by atoms with E-state index in [1.165, 1.54) is 5.56 Å². The molecule has 0 aliphatic heterocycles. The molecular weight excluding hydrogens is 334 g/mol. The lowest BCUT2D eigenvalue weighted by Gasteiger charge is -2.11. The lowest BCUT2D eigenvalue weighted by Crippen LogP contribution is -2.29. The van der Waals surface area contributed by atoms with Gasteiger partial charge in [-0.25, -0.2) is 0 Å². The summed E-state index contributed by atoms with van der Waals surface area (Å²) in [6, 6.07) is 17.1. The van der Waals surface area contributed by atoms with Crippen LogP contribution < -0.4 is 10.6 Å². The highest BCUT2D eigenvalue weighted by Gasteiger charge is 2.05. The van der Waals surface area contributed by atoms with Gasteiger partial charge in [-0.15, -0.1) is 0 Å². The van der Waals surface area contributed by atoms with E-state index in [0.29, 0.717) is 21.8 Å². The summed E-state index contributed by atoms with van der Waals surface area (Å²) in [7, 11) is 0. The first kappa shape index (κ1) is 17.7. The van der Waals surface area contributed by atoms with E-state index in [9.17, 15) is 8.78 Å². The largest absolute Gasteiger partial charge is 0.362 e. The average molecular weight is 352 g/mol. The Hall–Kier alpha value is -1.66. The third-order valence-electron chi connectivity index (χ3n) is 3.11. The quantitative estimate of drug-likeness (QED) is 0.420. The zero-order valence-electron chi connectivity index (χ0n) is 12.5. The van der Waals surface area contributed by atoms with Crippen LogP contribution in [0.3, 0.4) is 0 Å². The van der Waals surface area contributed by atoms with Gasteiger partial charge in [0, 0.05) is 17.1 Å². The number of thiocarbonyl (C=S) groups is 1. The molecule has 0 radical (unpaired) electrons. The highest BCUT2D eigenvalue weighted by atomic mass is 32.2. The predicted octanol–water partition coefficient (Wildman–Crippen LogP) is 4.92. The first-order valence-electron chi connectivity index (χ1n) is 7.27. The third-order valence-corrected chi connectivity index (χ3v) is 4.08. The Morgan fingerprint density at radius 3 is 2.39 bits per heavy atom. The van der Waals surface area contributed by atoms with Gasteiger partial charge < -0.3 is 10.6 Å². The van der Waals surface area contributed by atoms with Crippen LogP contribution in [0.2, 0.25) is 0 Å². The van der Waals surface area contributed by atoms with Crippen molar-refractivity contribution in [2.75, 3.05) is 11.9 Å². The normalized spacial score (nSPS) is 10.6. The van der Waals surface area contributed by atoms with Crippen molar-refractivity contribution in [3.63, 3.8) is 0 Å². The lowest BCUT2D eigenvalue weighted by atomic mass is 10.1. The van der Waals surface area contributed by atoms with E-state index in [1.807, 2.05) is 18.2 Å². The van der Waals surface area contributed by atoms with Gasteiger partial charge in [-0.05, 0) is 54.9 Å². The van der Waals surface area contributed by atoms with Crippen molar-refractivity contribution < 1.29 is 8.78 Å². The molecule has 23 heavy (non-hydrogen) atoms. The zero-order chi connectivity index (χ0) is 16.5. The summed E-state index contributed by atoms with van der Waals surface area (Å²) in [4.78, 5) is 0.535. The van der Waals surface area contributed by atoms with E-state index < -0.39 is 5.76 Å². The van der Waals surface area contributed by atoms with Crippen LogP contribution in [0.25, 0.3) is 0 Å². The maximum atomic E-state index is 12.2. The minimum absolute atomic E-state index is 0.531. The molecular formula is C17H18F2N2S2. The number of anilines is 1. The molecule has 0 unspecified atom stereocenters. The fourth-order valence-electron chi connectivity index (χ4n) is 2.03. The molecule has 0 bridgehead atoms. The van der Waals surface area contributed by atoms with E-state index in [2.05, 4.69) is 22.8 Å². The van der Waals surface area contributed by atoms with Crippen molar-refractivity contribution in [3.8, 4) is 0 Å². The van der Waals surface area contributed by atoms with Crippen LogP contribution in [0, 0.1) is 0 Å². The Morgan fingerprint density at radius 1 is 1.04 bits per heavy atom. The molecule has 0 atom stereocenters. The van der Waals surface area contributed by atoms with Crippen molar-refractivity contribution in [2.45, 2.75) is 23.5 Å². The molecule has 0 heterocycles. The van der Waals surface area contributed by atoms with E-state index in [-0.39, 0.29) is 0 Å². The van der Waals surface area contributed by atoms with Crippen LogP contribution in [0.1, 0.15) is 12.0 Å². The van der Waals surface area contributed by atoms with Crippen molar-refractivity contribution >= 4 is 34.8 Å². The molecule has 2 rings (SSSR count). The first-order chi connectivity index (χ1) is 11.1. The molecule has 2 aromatic carbocycles. The summed E-state index contributed by atoms with van der Waals surface area (Å²) in [6.45, 7) is 0.778. The molecule has 2 nitrogen and oxygen atoms in total. The van der Waals surface area contributed by atoms with Gasteiger partial charge in [0.05, 0.1) is 0 Å². The number of rotatable bonds is 7. The zero-order valence-corrected chi connectivity index (χ0v) is 14.1. The molecule has 0 spiro atoms. The second-order valence-corrected chi connectivity index (χ2v) is 6.34. The molecule has 0 fully saturated rings. The maximum Gasteiger partial charge on any atom is 0.288 e. The third kappa shape index (κ3) is 6.97. The maximum absolute atomic E-state index is 12.2. The Balaban J connectivity index is 1.68. The fraction of sp³-hybridized carbons (Fsp3) is 0.235. The van der Waals surface area contributed by atoms with E-state index in [4.69, 9.17) is 12.2 Å². The van der Waals surface area contributed by atoms with Crippen LogP contribution in [0.4, 0.5) is 14.5 Å². The summed E-state index contributed by atoms with van der Waals surface area (Å²) >= 11 is 5.75. The Bertz CT molecular complexity index is 604. The minimum Gasteiger partial charge on any atom is -0.362 e. The number of thioether (sulfide) groups is 1. The Labute approximate surface area is 144 Å². The van der Waals surface area contributed by atoms with Crippen LogP contribution in [-0.4, -0.2) is 17.4 Å². The number of halogens is 2. The number of hydrogen-bond donors (Lipinski definition) is 2. The molecule has 6 heteroatoms. The molecule has 0 aromatic heterocycles. The topological polar surface area (TPSA) is 24.1 Å². The molecule has 0 saturated carbocycles. The van der Waals surface area contributed by atoms with E-state index >= 15 is 0 Å². The number of aryl methyl sites for hydroxylation is 1. The van der Waals surface area contributed by atoms with Crippen LogP contribution in [0.5, 0.6) is 0 Å². The molecule has 2 aromatic rings. The van der Waals surface area contributed by atoms with Crippen LogP contribution in [0.15, 0.2) is 59.5 Å². The van der Waals surface area contributed by atoms with Crippen molar-refractivity contribution in [1.29, 1.82) is 0 Å². The van der Waals surface area contributed by atoms with Gasteiger partial charge in [-0.1, -0.05) is 42.1 Å². The summed E-state index contributed by atoms with van der Waals surface area (Å²) in [5.74, 6) is -2.40. The summed E-state index contributed by atoms with van der Waals surface area (Å²) in [5.41, 5.74) is 2.09. The van der Waals surface area contributed by atoms with Gasteiger partial charge in [0.1, 0.15) is 0 Å². The Kier molecular flexibility index (Phi) is 7.29. The summed E-state index contributed by atoms with van der Waals surface area (Å²) in [5, 5.41) is 6.72. The SMILES string of the molecule is FC(F)Sc1ccc(NC(=S)NCCCc2ccccc2)cc1. The molecule has 0 amide bonds. The number of nitrogens with one attached hydrogen (secondary N) is 2.